The molecule has 6 heteroatoms. The van der Waals surface area contributed by atoms with Gasteiger partial charge in [0.2, 0.25) is 0 Å². The van der Waals surface area contributed by atoms with Gasteiger partial charge in [0.1, 0.15) is 5.76 Å². The maximum absolute atomic E-state index is 11.6. The number of nitrogens with zero attached hydrogens (tertiary/aromatic N) is 2. The molecule has 1 aromatic rings. The van der Waals surface area contributed by atoms with E-state index >= 15 is 0 Å². The fourth-order valence-electron chi connectivity index (χ4n) is 1.63. The Hall–Kier alpha value is -2.11. The summed E-state index contributed by atoms with van der Waals surface area (Å²) in [6.07, 6.45) is 4.75. The van der Waals surface area contributed by atoms with E-state index in [-0.39, 0.29) is 0 Å². The highest BCUT2D eigenvalue weighted by molar-refractivity contribution is 6.35. The number of carbonyl (C=O) groups excluding carboxylic acids is 2. The molecular weight excluding hydrogens is 222 g/mol. The highest BCUT2D eigenvalue weighted by Gasteiger charge is 2.23. The van der Waals surface area contributed by atoms with E-state index in [1.54, 1.807) is 12.1 Å². The molecular formula is C11H13N3O3. The molecule has 0 aromatic carbocycles. The number of likely N-dealkylation sites (tertiary alicyclic amines) is 1. The Kier molecular flexibility index (Phi) is 3.54. The lowest BCUT2D eigenvalue weighted by molar-refractivity contribution is -0.145. The number of hydrogen-bond donors (Lipinski definition) is 1. The zero-order valence-electron chi connectivity index (χ0n) is 9.26. The van der Waals surface area contributed by atoms with Crippen LogP contribution in [0.15, 0.2) is 27.9 Å². The minimum Gasteiger partial charge on any atom is -0.463 e. The van der Waals surface area contributed by atoms with Crippen molar-refractivity contribution in [3.63, 3.8) is 0 Å². The lowest BCUT2D eigenvalue weighted by Crippen LogP contribution is -2.39. The van der Waals surface area contributed by atoms with Crippen LogP contribution in [0, 0.1) is 0 Å². The third-order valence-corrected chi connectivity index (χ3v) is 2.49. The number of nitrogens with one attached hydrogen (secondary N) is 1. The summed E-state index contributed by atoms with van der Waals surface area (Å²) in [4.78, 5) is 24.5. The van der Waals surface area contributed by atoms with Crippen LogP contribution >= 0.6 is 0 Å². The van der Waals surface area contributed by atoms with Gasteiger partial charge in [-0.15, -0.1) is 0 Å². The predicted octanol–water partition coefficient (Wildman–Crippen LogP) is 0.352. The smallest absolute Gasteiger partial charge is 0.329 e. The van der Waals surface area contributed by atoms with Gasteiger partial charge in [0, 0.05) is 13.1 Å². The van der Waals surface area contributed by atoms with Crippen molar-refractivity contribution < 1.29 is 14.0 Å². The quantitative estimate of drug-likeness (QED) is 0.456. The molecule has 0 unspecified atom stereocenters. The first-order valence-electron chi connectivity index (χ1n) is 5.43. The molecule has 0 atom stereocenters. The molecule has 1 saturated heterocycles. The molecule has 1 aliphatic heterocycles. The van der Waals surface area contributed by atoms with Crippen LogP contribution in [-0.2, 0) is 9.59 Å². The van der Waals surface area contributed by atoms with Gasteiger partial charge in [-0.3, -0.25) is 9.59 Å². The topological polar surface area (TPSA) is 74.9 Å². The molecule has 0 spiro atoms. The molecule has 0 radical (unpaired) electrons. The minimum absolute atomic E-state index is 0.513. The summed E-state index contributed by atoms with van der Waals surface area (Å²) in [5.41, 5.74) is 2.18. The standard InChI is InChI=1S/C11H13N3O3/c15-10(11(16)14-5-1-2-6-14)13-12-8-9-4-3-7-17-9/h3-4,7-8H,1-2,5-6H2,(H,13,15)/b12-8+. The Labute approximate surface area is 98.3 Å². The van der Waals surface area contributed by atoms with Crippen molar-refractivity contribution in [1.82, 2.24) is 10.3 Å². The zero-order valence-corrected chi connectivity index (χ0v) is 9.26. The van der Waals surface area contributed by atoms with Crippen LogP contribution in [0.4, 0.5) is 0 Å². The summed E-state index contributed by atoms with van der Waals surface area (Å²) in [5.74, 6) is -0.729. The van der Waals surface area contributed by atoms with Gasteiger partial charge in [-0.1, -0.05) is 0 Å². The van der Waals surface area contributed by atoms with Crippen LogP contribution in [0.5, 0.6) is 0 Å². The molecule has 0 saturated carbocycles. The van der Waals surface area contributed by atoms with E-state index in [9.17, 15) is 9.59 Å². The molecule has 2 rings (SSSR count). The number of carbonyl (C=O) groups is 2. The fourth-order valence-corrected chi connectivity index (χ4v) is 1.63. The summed E-state index contributed by atoms with van der Waals surface area (Å²) >= 11 is 0. The van der Waals surface area contributed by atoms with Crippen molar-refractivity contribution in [2.24, 2.45) is 5.10 Å². The molecule has 17 heavy (non-hydrogen) atoms. The molecule has 1 aliphatic rings. The van der Waals surface area contributed by atoms with Crippen LogP contribution in [0.25, 0.3) is 0 Å². The Balaban J connectivity index is 1.82. The van der Waals surface area contributed by atoms with Crippen LogP contribution in [0.2, 0.25) is 0 Å². The summed E-state index contributed by atoms with van der Waals surface area (Å²) in [6.45, 7) is 1.29. The van der Waals surface area contributed by atoms with E-state index in [1.807, 2.05) is 0 Å². The van der Waals surface area contributed by atoms with Crippen molar-refractivity contribution in [2.75, 3.05) is 13.1 Å². The zero-order chi connectivity index (χ0) is 12.1. The maximum atomic E-state index is 11.6. The van der Waals surface area contributed by atoms with E-state index in [2.05, 4.69) is 10.5 Å². The Bertz CT molecular complexity index is 419. The highest BCUT2D eigenvalue weighted by atomic mass is 16.3. The number of hydrogen-bond acceptors (Lipinski definition) is 4. The Morgan fingerprint density at radius 2 is 2.18 bits per heavy atom. The van der Waals surface area contributed by atoms with E-state index in [0.717, 1.165) is 12.8 Å². The molecule has 2 heterocycles. The molecule has 0 bridgehead atoms. The van der Waals surface area contributed by atoms with Crippen LogP contribution in [-0.4, -0.2) is 36.0 Å². The summed E-state index contributed by atoms with van der Waals surface area (Å²) in [6, 6.07) is 3.40. The van der Waals surface area contributed by atoms with Crippen molar-refractivity contribution in [1.29, 1.82) is 0 Å². The van der Waals surface area contributed by atoms with Gasteiger partial charge >= 0.3 is 11.8 Å². The minimum atomic E-state index is -0.713. The lowest BCUT2D eigenvalue weighted by atomic mass is 10.4. The van der Waals surface area contributed by atoms with Crippen molar-refractivity contribution in [3.8, 4) is 0 Å². The van der Waals surface area contributed by atoms with Crippen LogP contribution < -0.4 is 5.43 Å². The second-order valence-electron chi connectivity index (χ2n) is 3.71. The average Bonchev–Trinajstić information content (AvgIpc) is 3.00. The van der Waals surface area contributed by atoms with Crippen molar-refractivity contribution in [3.05, 3.63) is 24.2 Å². The van der Waals surface area contributed by atoms with E-state index in [1.165, 1.54) is 17.4 Å². The third kappa shape index (κ3) is 2.93. The Morgan fingerprint density at radius 1 is 1.41 bits per heavy atom. The monoisotopic (exact) mass is 235 g/mol. The Morgan fingerprint density at radius 3 is 2.82 bits per heavy atom. The van der Waals surface area contributed by atoms with Crippen LogP contribution in [0.3, 0.4) is 0 Å². The molecule has 1 aromatic heterocycles. The average molecular weight is 235 g/mol. The van der Waals surface area contributed by atoms with Gasteiger partial charge in [-0.25, -0.2) is 5.43 Å². The van der Waals surface area contributed by atoms with Crippen molar-refractivity contribution in [2.45, 2.75) is 12.8 Å². The number of furan rings is 1. The van der Waals surface area contributed by atoms with E-state index < -0.39 is 11.8 Å². The number of amides is 2. The maximum Gasteiger partial charge on any atom is 0.329 e. The molecule has 90 valence electrons. The molecule has 6 nitrogen and oxygen atoms in total. The summed E-state index contributed by atoms with van der Waals surface area (Å²) in [7, 11) is 0. The first kappa shape index (κ1) is 11.4. The summed E-state index contributed by atoms with van der Waals surface area (Å²) in [5, 5.41) is 3.64. The second-order valence-corrected chi connectivity index (χ2v) is 3.71. The lowest BCUT2D eigenvalue weighted by Gasteiger charge is -2.12. The molecule has 2 amide bonds. The van der Waals surface area contributed by atoms with Gasteiger partial charge < -0.3 is 9.32 Å². The largest absolute Gasteiger partial charge is 0.463 e. The first-order chi connectivity index (χ1) is 8.27. The van der Waals surface area contributed by atoms with E-state index in [0.29, 0.717) is 18.8 Å². The van der Waals surface area contributed by atoms with Gasteiger partial charge in [0.25, 0.3) is 0 Å². The normalized spacial score (nSPS) is 15.4. The van der Waals surface area contributed by atoms with Crippen molar-refractivity contribution >= 4 is 18.0 Å². The molecule has 1 N–H and O–H groups in total. The van der Waals surface area contributed by atoms with Crippen LogP contribution in [0.1, 0.15) is 18.6 Å². The van der Waals surface area contributed by atoms with Gasteiger partial charge in [0.05, 0.1) is 12.5 Å². The molecule has 0 aliphatic carbocycles. The fraction of sp³-hybridized carbons (Fsp3) is 0.364. The summed E-state index contributed by atoms with van der Waals surface area (Å²) < 4.78 is 4.98. The van der Waals surface area contributed by atoms with Gasteiger partial charge in [0.15, 0.2) is 0 Å². The highest BCUT2D eigenvalue weighted by Crippen LogP contribution is 2.07. The van der Waals surface area contributed by atoms with Gasteiger partial charge in [-0.05, 0) is 25.0 Å². The van der Waals surface area contributed by atoms with E-state index in [4.69, 9.17) is 4.42 Å². The van der Waals surface area contributed by atoms with Gasteiger partial charge in [-0.2, -0.15) is 5.10 Å². The SMILES string of the molecule is O=C(N/N=C/c1ccco1)C(=O)N1CCCC1. The molecule has 1 fully saturated rings. The third-order valence-electron chi connectivity index (χ3n) is 2.49. The second kappa shape index (κ2) is 5.29. The predicted molar refractivity (Wildman–Crippen MR) is 60.3 cm³/mol. The number of hydrazone groups is 1. The first-order valence-corrected chi connectivity index (χ1v) is 5.43. The number of rotatable bonds is 2.